The first-order valence-corrected chi connectivity index (χ1v) is 8.74. The van der Waals surface area contributed by atoms with Crippen molar-refractivity contribution in [3.8, 4) is 12.1 Å². The van der Waals surface area contributed by atoms with Gasteiger partial charge >= 0.3 is 0 Å². The second-order valence-electron chi connectivity index (χ2n) is 6.09. The van der Waals surface area contributed by atoms with Crippen LogP contribution in [0.4, 0.5) is 0 Å². The minimum Gasteiger partial charge on any atom is -0.424 e. The molecule has 9 heteroatoms. The Kier molecular flexibility index (Phi) is 3.86. The summed E-state index contributed by atoms with van der Waals surface area (Å²) in [6.07, 6.45) is 1.66. The van der Waals surface area contributed by atoms with Crippen LogP contribution >= 0.6 is 11.3 Å². The molecule has 0 aliphatic heterocycles. The van der Waals surface area contributed by atoms with E-state index in [0.717, 1.165) is 15.2 Å². The van der Waals surface area contributed by atoms with Crippen molar-refractivity contribution >= 4 is 27.5 Å². The number of hydrogen-bond donors (Lipinski definition) is 1. The third-order valence-corrected chi connectivity index (χ3v) is 5.05. The van der Waals surface area contributed by atoms with Crippen molar-refractivity contribution in [2.45, 2.75) is 31.2 Å². The molecule has 1 amide bonds. The van der Waals surface area contributed by atoms with Gasteiger partial charge in [-0.1, -0.05) is 0 Å². The van der Waals surface area contributed by atoms with Gasteiger partial charge < -0.3 is 9.73 Å². The van der Waals surface area contributed by atoms with E-state index in [1.165, 1.54) is 11.3 Å². The summed E-state index contributed by atoms with van der Waals surface area (Å²) in [6, 6.07) is 9.53. The summed E-state index contributed by atoms with van der Waals surface area (Å²) in [6.45, 7) is 0. The van der Waals surface area contributed by atoms with E-state index in [1.54, 1.807) is 18.2 Å². The number of carbonyl (C=O) groups is 1. The zero-order valence-electron chi connectivity index (χ0n) is 13.5. The summed E-state index contributed by atoms with van der Waals surface area (Å²) >= 11 is 1.46. The molecule has 1 N–H and O–H groups in total. The first-order chi connectivity index (χ1) is 12.6. The van der Waals surface area contributed by atoms with Crippen molar-refractivity contribution in [3.05, 3.63) is 40.6 Å². The highest BCUT2D eigenvalue weighted by molar-refractivity contribution is 7.18. The van der Waals surface area contributed by atoms with Gasteiger partial charge in [0.15, 0.2) is 0 Å². The van der Waals surface area contributed by atoms with Crippen LogP contribution in [-0.2, 0) is 17.6 Å². The molecule has 0 radical (unpaired) electrons. The predicted octanol–water partition coefficient (Wildman–Crippen LogP) is 1.86. The second kappa shape index (κ2) is 6.21. The molecule has 0 spiro atoms. The van der Waals surface area contributed by atoms with Gasteiger partial charge in [0.05, 0.1) is 34.3 Å². The number of fused-ring (bicyclic) bond motifs is 1. The van der Waals surface area contributed by atoms with Crippen LogP contribution < -0.4 is 5.32 Å². The lowest BCUT2D eigenvalue weighted by Gasteiger charge is -2.06. The van der Waals surface area contributed by atoms with Crippen molar-refractivity contribution < 1.29 is 9.21 Å². The number of rotatable bonds is 5. The first-order valence-electron chi connectivity index (χ1n) is 7.92. The van der Waals surface area contributed by atoms with Crippen molar-refractivity contribution in [2.75, 3.05) is 0 Å². The lowest BCUT2D eigenvalue weighted by atomic mass is 10.2. The van der Waals surface area contributed by atoms with E-state index in [2.05, 4.69) is 32.6 Å². The molecule has 8 nitrogen and oxygen atoms in total. The van der Waals surface area contributed by atoms with Gasteiger partial charge in [0.2, 0.25) is 17.7 Å². The van der Waals surface area contributed by atoms with E-state index >= 15 is 0 Å². The number of hydrogen-bond acceptors (Lipinski definition) is 8. The zero-order valence-corrected chi connectivity index (χ0v) is 14.3. The SMILES string of the molecule is N#Cc1ccc2nc(Cc3nnc(CC(=O)NC4(C#N)CC4)o3)sc2c1. The fourth-order valence-corrected chi connectivity index (χ4v) is 3.51. The molecule has 1 aliphatic rings. The van der Waals surface area contributed by atoms with Crippen molar-refractivity contribution in [2.24, 2.45) is 0 Å². The van der Waals surface area contributed by atoms with Crippen LogP contribution in [0.2, 0.25) is 0 Å². The predicted molar refractivity (Wildman–Crippen MR) is 90.9 cm³/mol. The van der Waals surface area contributed by atoms with Gasteiger partial charge in [-0.05, 0) is 31.0 Å². The second-order valence-corrected chi connectivity index (χ2v) is 7.20. The number of carbonyl (C=O) groups excluding carboxylic acids is 1. The highest BCUT2D eigenvalue weighted by Crippen LogP contribution is 2.34. The summed E-state index contributed by atoms with van der Waals surface area (Å²) in [5.41, 5.74) is 0.697. The van der Waals surface area contributed by atoms with Crippen LogP contribution in [0.1, 0.15) is 35.2 Å². The van der Waals surface area contributed by atoms with Crippen molar-refractivity contribution in [3.63, 3.8) is 0 Å². The summed E-state index contributed by atoms with van der Waals surface area (Å²) in [4.78, 5) is 16.4. The molecule has 0 saturated heterocycles. The molecule has 128 valence electrons. The van der Waals surface area contributed by atoms with Crippen LogP contribution in [0.5, 0.6) is 0 Å². The maximum Gasteiger partial charge on any atom is 0.230 e. The molecule has 1 aromatic carbocycles. The van der Waals surface area contributed by atoms with Gasteiger partial charge in [-0.15, -0.1) is 21.5 Å². The van der Waals surface area contributed by atoms with E-state index < -0.39 is 5.54 Å². The number of thiazole rings is 1. The van der Waals surface area contributed by atoms with Crippen LogP contribution in [0.15, 0.2) is 22.6 Å². The molecule has 1 saturated carbocycles. The maximum atomic E-state index is 11.9. The minimum atomic E-state index is -0.705. The van der Waals surface area contributed by atoms with E-state index in [4.69, 9.17) is 14.9 Å². The maximum absolute atomic E-state index is 11.9. The van der Waals surface area contributed by atoms with Gasteiger partial charge in [0, 0.05) is 0 Å². The largest absolute Gasteiger partial charge is 0.424 e. The lowest BCUT2D eigenvalue weighted by Crippen LogP contribution is -2.36. The first kappa shape index (κ1) is 16.2. The summed E-state index contributed by atoms with van der Waals surface area (Å²) in [5, 5.41) is 29.3. The summed E-state index contributed by atoms with van der Waals surface area (Å²) < 4.78 is 6.44. The minimum absolute atomic E-state index is 0.0538. The Labute approximate surface area is 152 Å². The Morgan fingerprint density at radius 1 is 1.31 bits per heavy atom. The Balaban J connectivity index is 1.43. The number of benzene rings is 1. The molecule has 0 bridgehead atoms. The van der Waals surface area contributed by atoms with Gasteiger partial charge in [-0.3, -0.25) is 4.79 Å². The van der Waals surface area contributed by atoms with E-state index in [9.17, 15) is 4.79 Å². The number of amides is 1. The molecule has 1 fully saturated rings. The number of nitrogens with one attached hydrogen (secondary N) is 1. The van der Waals surface area contributed by atoms with Gasteiger partial charge in [-0.25, -0.2) is 4.98 Å². The third-order valence-electron chi connectivity index (χ3n) is 4.03. The van der Waals surface area contributed by atoms with Crippen molar-refractivity contribution in [1.82, 2.24) is 20.5 Å². The van der Waals surface area contributed by atoms with Gasteiger partial charge in [0.25, 0.3) is 0 Å². The summed E-state index contributed by atoms with van der Waals surface area (Å²) in [7, 11) is 0. The zero-order chi connectivity index (χ0) is 18.1. The van der Waals surface area contributed by atoms with Crippen molar-refractivity contribution in [1.29, 1.82) is 10.5 Å². The average molecular weight is 364 g/mol. The fourth-order valence-electron chi connectivity index (χ4n) is 2.52. The van der Waals surface area contributed by atoms with Gasteiger partial charge in [0.1, 0.15) is 17.0 Å². The average Bonchev–Trinajstić information content (AvgIpc) is 3.08. The van der Waals surface area contributed by atoms with Crippen LogP contribution in [0.25, 0.3) is 10.2 Å². The quantitative estimate of drug-likeness (QED) is 0.731. The number of nitrogens with zero attached hydrogens (tertiary/aromatic N) is 5. The highest BCUT2D eigenvalue weighted by Gasteiger charge is 2.44. The van der Waals surface area contributed by atoms with Crippen LogP contribution in [0.3, 0.4) is 0 Å². The topological polar surface area (TPSA) is 128 Å². The highest BCUT2D eigenvalue weighted by atomic mass is 32.1. The molecule has 2 aromatic heterocycles. The molecular formula is C17H12N6O2S. The van der Waals surface area contributed by atoms with E-state index in [0.29, 0.717) is 30.7 Å². The third kappa shape index (κ3) is 3.25. The summed E-state index contributed by atoms with van der Waals surface area (Å²) in [5.74, 6) is 0.274. The van der Waals surface area contributed by atoms with Crippen LogP contribution in [0, 0.1) is 22.7 Å². The Morgan fingerprint density at radius 2 is 2.12 bits per heavy atom. The number of aromatic nitrogens is 3. The van der Waals surface area contributed by atoms with E-state index in [-0.39, 0.29) is 18.2 Å². The number of nitriles is 2. The molecule has 26 heavy (non-hydrogen) atoms. The Morgan fingerprint density at radius 3 is 2.85 bits per heavy atom. The molecular weight excluding hydrogens is 352 g/mol. The molecule has 3 aromatic rings. The molecule has 1 aliphatic carbocycles. The monoisotopic (exact) mass is 364 g/mol. The van der Waals surface area contributed by atoms with Gasteiger partial charge in [-0.2, -0.15) is 10.5 Å². The Bertz CT molecular complexity index is 1080. The van der Waals surface area contributed by atoms with Crippen LogP contribution in [-0.4, -0.2) is 26.6 Å². The van der Waals surface area contributed by atoms with E-state index in [1.807, 2.05) is 0 Å². The standard InChI is InChI=1S/C17H12N6O2S/c18-8-10-1-2-11-12(5-10)26-16(20-11)7-15-23-22-14(25-15)6-13(24)21-17(9-19)3-4-17/h1-2,5H,3-4,6-7H2,(H,21,24). The normalized spacial score (nSPS) is 14.5. The molecule has 0 unspecified atom stereocenters. The molecule has 2 heterocycles. The molecule has 4 rings (SSSR count). The Hall–Kier alpha value is -3.30. The smallest absolute Gasteiger partial charge is 0.230 e. The fraction of sp³-hybridized carbons (Fsp3) is 0.294. The lowest BCUT2D eigenvalue weighted by molar-refractivity contribution is -0.121. The molecule has 0 atom stereocenters.